The number of amides is 1. The Morgan fingerprint density at radius 1 is 1.38 bits per heavy atom. The second kappa shape index (κ2) is 9.28. The lowest BCUT2D eigenvalue weighted by Gasteiger charge is -2.14. The van der Waals surface area contributed by atoms with Crippen molar-refractivity contribution in [3.63, 3.8) is 0 Å². The topological polar surface area (TPSA) is 75.6 Å². The molecule has 0 saturated carbocycles. The highest BCUT2D eigenvalue weighted by molar-refractivity contribution is 7.98. The molecular weight excluding hydrogens is 290 g/mol. The molecule has 5 nitrogen and oxygen atoms in total. The summed E-state index contributed by atoms with van der Waals surface area (Å²) in [4.78, 5) is 22.8. The molecule has 2 N–H and O–H groups in total. The van der Waals surface area contributed by atoms with Gasteiger partial charge in [0.15, 0.2) is 0 Å². The molecule has 1 aromatic rings. The second-order valence-electron chi connectivity index (χ2n) is 4.60. The van der Waals surface area contributed by atoms with Crippen LogP contribution in [0.25, 0.3) is 0 Å². The number of aryl methyl sites for hydroxylation is 1. The summed E-state index contributed by atoms with van der Waals surface area (Å²) in [5.41, 5.74) is 1.00. The molecule has 21 heavy (non-hydrogen) atoms. The Hall–Kier alpha value is -1.69. The van der Waals surface area contributed by atoms with Crippen LogP contribution in [0.1, 0.15) is 18.4 Å². The molecular formula is C15H21NO4S. The molecule has 1 aromatic carbocycles. The number of hydrogen-bond acceptors (Lipinski definition) is 4. The maximum Gasteiger partial charge on any atom is 0.326 e. The number of thioether (sulfide) groups is 1. The fraction of sp³-hybridized carbons (Fsp3) is 0.467. The first-order chi connectivity index (χ1) is 10.0. The number of rotatable bonds is 9. The van der Waals surface area contributed by atoms with Gasteiger partial charge in [-0.1, -0.05) is 18.2 Å². The van der Waals surface area contributed by atoms with Crippen molar-refractivity contribution in [3.05, 3.63) is 29.8 Å². The van der Waals surface area contributed by atoms with Gasteiger partial charge in [0.1, 0.15) is 11.8 Å². The van der Waals surface area contributed by atoms with Crippen molar-refractivity contribution in [2.24, 2.45) is 0 Å². The van der Waals surface area contributed by atoms with Crippen LogP contribution in [0, 0.1) is 6.92 Å². The maximum atomic E-state index is 11.7. The van der Waals surface area contributed by atoms with Crippen LogP contribution in [-0.4, -0.2) is 41.6 Å². The zero-order valence-corrected chi connectivity index (χ0v) is 13.1. The Morgan fingerprint density at radius 3 is 2.71 bits per heavy atom. The molecule has 0 fully saturated rings. The van der Waals surface area contributed by atoms with Crippen molar-refractivity contribution in [2.45, 2.75) is 25.8 Å². The summed E-state index contributed by atoms with van der Waals surface area (Å²) >= 11 is 1.55. The number of carbonyl (C=O) groups excluding carboxylic acids is 1. The Kier molecular flexibility index (Phi) is 7.68. The van der Waals surface area contributed by atoms with Crippen LogP contribution in [0.15, 0.2) is 24.3 Å². The quantitative estimate of drug-likeness (QED) is 0.730. The third kappa shape index (κ3) is 6.53. The molecule has 1 atom stereocenters. The number of hydrogen-bond donors (Lipinski definition) is 2. The van der Waals surface area contributed by atoms with E-state index >= 15 is 0 Å². The summed E-state index contributed by atoms with van der Waals surface area (Å²) in [5.74, 6) is 0.119. The lowest BCUT2D eigenvalue weighted by Crippen LogP contribution is -2.41. The first kappa shape index (κ1) is 17.4. The molecule has 1 amide bonds. The largest absolute Gasteiger partial charge is 0.493 e. The molecule has 0 radical (unpaired) electrons. The molecule has 0 aromatic heterocycles. The van der Waals surface area contributed by atoms with E-state index in [0.717, 1.165) is 11.3 Å². The van der Waals surface area contributed by atoms with E-state index in [1.54, 1.807) is 11.8 Å². The monoisotopic (exact) mass is 311 g/mol. The van der Waals surface area contributed by atoms with Crippen molar-refractivity contribution >= 4 is 23.6 Å². The van der Waals surface area contributed by atoms with Gasteiger partial charge in [-0.25, -0.2) is 4.79 Å². The average molecular weight is 311 g/mol. The zero-order chi connectivity index (χ0) is 15.7. The lowest BCUT2D eigenvalue weighted by molar-refractivity contribution is -0.141. The number of carboxylic acid groups (broad SMARTS) is 1. The standard InChI is InChI=1S/C15H21NO4S/c1-11-5-3-4-6-13(11)20-9-7-14(17)16-12(15(18)19)8-10-21-2/h3-6,12H,7-10H2,1-2H3,(H,16,17)(H,18,19)/t12-/m1/s1. The van der Waals surface area contributed by atoms with E-state index < -0.39 is 12.0 Å². The second-order valence-corrected chi connectivity index (χ2v) is 5.59. The summed E-state index contributed by atoms with van der Waals surface area (Å²) in [5, 5.41) is 11.6. The molecule has 0 aliphatic heterocycles. The van der Waals surface area contributed by atoms with E-state index in [-0.39, 0.29) is 18.9 Å². The first-order valence-corrected chi connectivity index (χ1v) is 8.13. The third-order valence-corrected chi connectivity index (χ3v) is 3.57. The number of ether oxygens (including phenoxy) is 1. The van der Waals surface area contributed by atoms with Crippen LogP contribution in [0.3, 0.4) is 0 Å². The number of nitrogens with one attached hydrogen (secondary N) is 1. The van der Waals surface area contributed by atoms with Crippen LogP contribution in [0.4, 0.5) is 0 Å². The van der Waals surface area contributed by atoms with E-state index in [4.69, 9.17) is 9.84 Å². The number of carboxylic acids is 1. The van der Waals surface area contributed by atoms with Gasteiger partial charge in [-0.3, -0.25) is 4.79 Å². The van der Waals surface area contributed by atoms with Gasteiger partial charge in [0, 0.05) is 0 Å². The van der Waals surface area contributed by atoms with Gasteiger partial charge >= 0.3 is 5.97 Å². The Balaban J connectivity index is 2.36. The highest BCUT2D eigenvalue weighted by Crippen LogP contribution is 2.16. The summed E-state index contributed by atoms with van der Waals surface area (Å²) in [7, 11) is 0. The molecule has 0 heterocycles. The minimum atomic E-state index is -1.00. The Morgan fingerprint density at radius 2 is 2.10 bits per heavy atom. The number of aliphatic carboxylic acids is 1. The smallest absolute Gasteiger partial charge is 0.326 e. The normalized spacial score (nSPS) is 11.7. The lowest BCUT2D eigenvalue weighted by atomic mass is 10.2. The molecule has 0 aliphatic rings. The molecule has 1 rings (SSSR count). The number of benzene rings is 1. The van der Waals surface area contributed by atoms with Crippen LogP contribution in [0.2, 0.25) is 0 Å². The SMILES string of the molecule is CSCC[C@@H](NC(=O)CCOc1ccccc1C)C(=O)O. The van der Waals surface area contributed by atoms with E-state index in [9.17, 15) is 9.59 Å². The number of carbonyl (C=O) groups is 2. The van der Waals surface area contributed by atoms with Gasteiger partial charge in [-0.05, 0) is 37.0 Å². The van der Waals surface area contributed by atoms with Gasteiger partial charge in [-0.2, -0.15) is 11.8 Å². The molecule has 0 aliphatic carbocycles. The molecule has 0 unspecified atom stereocenters. The summed E-state index contributed by atoms with van der Waals surface area (Å²) < 4.78 is 5.52. The van der Waals surface area contributed by atoms with Crippen LogP contribution >= 0.6 is 11.8 Å². The number of para-hydroxylation sites is 1. The summed E-state index contributed by atoms with van der Waals surface area (Å²) in [6, 6.07) is 6.72. The molecule has 0 saturated heterocycles. The average Bonchev–Trinajstić information content (AvgIpc) is 2.45. The third-order valence-electron chi connectivity index (χ3n) is 2.92. The first-order valence-electron chi connectivity index (χ1n) is 6.74. The van der Waals surface area contributed by atoms with Crippen molar-refractivity contribution in [2.75, 3.05) is 18.6 Å². The summed E-state index contributed by atoms with van der Waals surface area (Å²) in [6.45, 7) is 2.16. The minimum Gasteiger partial charge on any atom is -0.493 e. The zero-order valence-electron chi connectivity index (χ0n) is 12.3. The van der Waals surface area contributed by atoms with Gasteiger partial charge in [-0.15, -0.1) is 0 Å². The van der Waals surface area contributed by atoms with Crippen LogP contribution < -0.4 is 10.1 Å². The predicted octanol–water partition coefficient (Wildman–Crippen LogP) is 2.09. The van der Waals surface area contributed by atoms with Crippen molar-refractivity contribution in [3.8, 4) is 5.75 Å². The summed E-state index contributed by atoms with van der Waals surface area (Å²) in [6.07, 6.45) is 2.45. The Labute approximate surface area is 129 Å². The maximum absolute atomic E-state index is 11.7. The van der Waals surface area contributed by atoms with Gasteiger partial charge in [0.05, 0.1) is 13.0 Å². The van der Waals surface area contributed by atoms with Gasteiger partial charge < -0.3 is 15.2 Å². The van der Waals surface area contributed by atoms with Gasteiger partial charge in [0.25, 0.3) is 0 Å². The fourth-order valence-electron chi connectivity index (χ4n) is 1.73. The van der Waals surface area contributed by atoms with Crippen molar-refractivity contribution in [1.82, 2.24) is 5.32 Å². The van der Waals surface area contributed by atoms with Crippen LogP contribution in [0.5, 0.6) is 5.75 Å². The van der Waals surface area contributed by atoms with E-state index in [1.165, 1.54) is 0 Å². The van der Waals surface area contributed by atoms with E-state index in [1.807, 2.05) is 37.4 Å². The minimum absolute atomic E-state index is 0.136. The van der Waals surface area contributed by atoms with Crippen LogP contribution in [-0.2, 0) is 9.59 Å². The highest BCUT2D eigenvalue weighted by atomic mass is 32.2. The highest BCUT2D eigenvalue weighted by Gasteiger charge is 2.19. The van der Waals surface area contributed by atoms with E-state index in [0.29, 0.717) is 12.2 Å². The molecule has 6 heteroatoms. The molecule has 116 valence electrons. The molecule has 0 spiro atoms. The molecule has 0 bridgehead atoms. The fourth-order valence-corrected chi connectivity index (χ4v) is 2.20. The Bertz CT molecular complexity index is 478. The predicted molar refractivity (Wildman–Crippen MR) is 83.9 cm³/mol. The van der Waals surface area contributed by atoms with Gasteiger partial charge in [0.2, 0.25) is 5.91 Å². The van der Waals surface area contributed by atoms with Crippen molar-refractivity contribution in [1.29, 1.82) is 0 Å². The van der Waals surface area contributed by atoms with E-state index in [2.05, 4.69) is 5.32 Å². The van der Waals surface area contributed by atoms with Crippen molar-refractivity contribution < 1.29 is 19.4 Å².